The van der Waals surface area contributed by atoms with Crippen molar-refractivity contribution < 1.29 is 8.95 Å². The zero-order chi connectivity index (χ0) is 10.8. The molecule has 0 spiro atoms. The lowest BCUT2D eigenvalue weighted by Crippen LogP contribution is -2.14. The molecule has 0 aromatic carbocycles. The maximum absolute atomic E-state index is 11.4. The summed E-state index contributed by atoms with van der Waals surface area (Å²) in [6.45, 7) is 2.72. The molecule has 0 aliphatic heterocycles. The van der Waals surface area contributed by atoms with Crippen LogP contribution in [0.5, 0.6) is 0 Å². The lowest BCUT2D eigenvalue weighted by atomic mass is 10.2. The predicted octanol–water partition coefficient (Wildman–Crippen LogP) is 1.29. The standard InChI is InChI=1S/C10H23NO2S/c1-10(11)6-3-4-8-14(12)9-5-7-13-2/h10H,3-9,11H2,1-2H3. The summed E-state index contributed by atoms with van der Waals surface area (Å²) in [7, 11) is 1.02. The quantitative estimate of drug-likeness (QED) is 0.597. The number of nitrogens with two attached hydrogens (primary N) is 1. The summed E-state index contributed by atoms with van der Waals surface area (Å²) in [5.74, 6) is 1.59. The van der Waals surface area contributed by atoms with Crippen molar-refractivity contribution in [3.8, 4) is 0 Å². The fourth-order valence-electron chi connectivity index (χ4n) is 1.20. The van der Waals surface area contributed by atoms with E-state index >= 15 is 0 Å². The highest BCUT2D eigenvalue weighted by atomic mass is 32.2. The molecule has 2 unspecified atom stereocenters. The van der Waals surface area contributed by atoms with Crippen LogP contribution in [0.4, 0.5) is 0 Å². The minimum atomic E-state index is -0.657. The highest BCUT2D eigenvalue weighted by Crippen LogP contribution is 2.00. The fraction of sp³-hybridized carbons (Fsp3) is 1.00. The van der Waals surface area contributed by atoms with Crippen LogP contribution in [0.2, 0.25) is 0 Å². The van der Waals surface area contributed by atoms with Crippen molar-refractivity contribution in [3.05, 3.63) is 0 Å². The monoisotopic (exact) mass is 221 g/mol. The van der Waals surface area contributed by atoms with E-state index in [0.717, 1.165) is 37.2 Å². The highest BCUT2D eigenvalue weighted by molar-refractivity contribution is 7.84. The zero-order valence-electron chi connectivity index (χ0n) is 9.33. The first-order valence-corrected chi connectivity index (χ1v) is 6.75. The van der Waals surface area contributed by atoms with Crippen molar-refractivity contribution in [3.63, 3.8) is 0 Å². The van der Waals surface area contributed by atoms with E-state index in [2.05, 4.69) is 0 Å². The fourth-order valence-corrected chi connectivity index (χ4v) is 2.37. The summed E-state index contributed by atoms with van der Waals surface area (Å²) in [5.41, 5.74) is 5.62. The second-order valence-corrected chi connectivity index (χ2v) is 5.36. The van der Waals surface area contributed by atoms with Gasteiger partial charge in [0.1, 0.15) is 0 Å². The van der Waals surface area contributed by atoms with Gasteiger partial charge in [-0.05, 0) is 26.2 Å². The summed E-state index contributed by atoms with van der Waals surface area (Å²) in [6.07, 6.45) is 4.06. The first-order valence-electron chi connectivity index (χ1n) is 5.26. The Morgan fingerprint density at radius 2 is 1.93 bits per heavy atom. The van der Waals surface area contributed by atoms with Crippen LogP contribution >= 0.6 is 0 Å². The molecule has 14 heavy (non-hydrogen) atoms. The van der Waals surface area contributed by atoms with E-state index < -0.39 is 10.8 Å². The number of hydrogen-bond donors (Lipinski definition) is 1. The molecule has 0 saturated heterocycles. The molecule has 0 saturated carbocycles. The largest absolute Gasteiger partial charge is 0.385 e. The SMILES string of the molecule is COCCCS(=O)CCCCC(C)N. The third kappa shape index (κ3) is 10.2. The van der Waals surface area contributed by atoms with Gasteiger partial charge in [0.05, 0.1) is 0 Å². The molecule has 0 heterocycles. The molecule has 0 aromatic rings. The normalized spacial score (nSPS) is 15.4. The molecule has 86 valence electrons. The van der Waals surface area contributed by atoms with Crippen LogP contribution in [-0.4, -0.2) is 35.5 Å². The first-order chi connectivity index (χ1) is 6.66. The summed E-state index contributed by atoms with van der Waals surface area (Å²) in [5, 5.41) is 0. The summed E-state index contributed by atoms with van der Waals surface area (Å²) >= 11 is 0. The second kappa shape index (κ2) is 9.62. The van der Waals surface area contributed by atoms with Crippen molar-refractivity contribution in [1.29, 1.82) is 0 Å². The number of methoxy groups -OCH3 is 1. The Labute approximate surface area is 89.9 Å². The number of ether oxygens (including phenoxy) is 1. The van der Waals surface area contributed by atoms with Crippen molar-refractivity contribution in [2.75, 3.05) is 25.2 Å². The van der Waals surface area contributed by atoms with Gasteiger partial charge in [0.15, 0.2) is 0 Å². The number of hydrogen-bond acceptors (Lipinski definition) is 3. The lowest BCUT2D eigenvalue weighted by Gasteiger charge is -2.04. The van der Waals surface area contributed by atoms with E-state index in [1.54, 1.807) is 7.11 Å². The van der Waals surface area contributed by atoms with Crippen LogP contribution in [0.3, 0.4) is 0 Å². The molecule has 0 aromatic heterocycles. The maximum atomic E-state index is 11.4. The molecular formula is C10H23NO2S. The van der Waals surface area contributed by atoms with Crippen molar-refractivity contribution >= 4 is 10.8 Å². The molecule has 0 rings (SSSR count). The number of unbranched alkanes of at least 4 members (excludes halogenated alkanes) is 1. The van der Waals surface area contributed by atoms with Crippen molar-refractivity contribution in [2.45, 2.75) is 38.6 Å². The Hall–Kier alpha value is 0.0700. The summed E-state index contributed by atoms with van der Waals surface area (Å²) < 4.78 is 16.3. The maximum Gasteiger partial charge on any atom is 0.0471 e. The minimum Gasteiger partial charge on any atom is -0.385 e. The van der Waals surface area contributed by atoms with Gasteiger partial charge in [0.2, 0.25) is 0 Å². The molecule has 2 N–H and O–H groups in total. The molecule has 2 atom stereocenters. The Morgan fingerprint density at radius 1 is 1.29 bits per heavy atom. The highest BCUT2D eigenvalue weighted by Gasteiger charge is 2.00. The molecule has 4 heteroatoms. The topological polar surface area (TPSA) is 52.3 Å². The average molecular weight is 221 g/mol. The van der Waals surface area contributed by atoms with Gasteiger partial charge < -0.3 is 10.5 Å². The van der Waals surface area contributed by atoms with E-state index in [9.17, 15) is 4.21 Å². The first kappa shape index (κ1) is 14.1. The van der Waals surface area contributed by atoms with Crippen LogP contribution in [0.1, 0.15) is 32.6 Å². The van der Waals surface area contributed by atoms with E-state index in [1.165, 1.54) is 0 Å². The van der Waals surface area contributed by atoms with Crippen LogP contribution < -0.4 is 5.73 Å². The van der Waals surface area contributed by atoms with E-state index in [1.807, 2.05) is 6.92 Å². The van der Waals surface area contributed by atoms with Crippen LogP contribution in [0.25, 0.3) is 0 Å². The second-order valence-electron chi connectivity index (χ2n) is 3.67. The lowest BCUT2D eigenvalue weighted by molar-refractivity contribution is 0.200. The molecule has 0 aliphatic carbocycles. The molecule has 3 nitrogen and oxygen atoms in total. The zero-order valence-corrected chi connectivity index (χ0v) is 10.1. The molecule has 0 fully saturated rings. The molecule has 0 aliphatic rings. The van der Waals surface area contributed by atoms with Gasteiger partial charge >= 0.3 is 0 Å². The average Bonchev–Trinajstić information content (AvgIpc) is 2.13. The number of rotatable bonds is 9. The van der Waals surface area contributed by atoms with Gasteiger partial charge in [-0.3, -0.25) is 4.21 Å². The smallest absolute Gasteiger partial charge is 0.0471 e. The van der Waals surface area contributed by atoms with Gasteiger partial charge in [0, 0.05) is 42.1 Å². The van der Waals surface area contributed by atoms with Gasteiger partial charge in [-0.15, -0.1) is 0 Å². The van der Waals surface area contributed by atoms with E-state index in [4.69, 9.17) is 10.5 Å². The van der Waals surface area contributed by atoms with E-state index in [0.29, 0.717) is 6.61 Å². The Kier molecular flexibility index (Phi) is 9.67. The van der Waals surface area contributed by atoms with Crippen LogP contribution in [-0.2, 0) is 15.5 Å². The van der Waals surface area contributed by atoms with Gasteiger partial charge in [-0.2, -0.15) is 0 Å². The summed E-state index contributed by atoms with van der Waals surface area (Å²) in [4.78, 5) is 0. The Balaban J connectivity index is 3.18. The Morgan fingerprint density at radius 3 is 2.50 bits per heavy atom. The molecule has 0 radical (unpaired) electrons. The van der Waals surface area contributed by atoms with Crippen molar-refractivity contribution in [2.24, 2.45) is 5.73 Å². The van der Waals surface area contributed by atoms with Crippen molar-refractivity contribution in [1.82, 2.24) is 0 Å². The minimum absolute atomic E-state index is 0.275. The van der Waals surface area contributed by atoms with Gasteiger partial charge in [0.25, 0.3) is 0 Å². The van der Waals surface area contributed by atoms with E-state index in [-0.39, 0.29) is 6.04 Å². The predicted molar refractivity (Wildman–Crippen MR) is 61.9 cm³/mol. The molecule has 0 bridgehead atoms. The van der Waals surface area contributed by atoms with Crippen LogP contribution in [0, 0.1) is 0 Å². The summed E-state index contributed by atoms with van der Waals surface area (Å²) in [6, 6.07) is 0.275. The Bertz CT molecular complexity index is 151. The third-order valence-electron chi connectivity index (χ3n) is 2.00. The van der Waals surface area contributed by atoms with Gasteiger partial charge in [-0.25, -0.2) is 0 Å². The van der Waals surface area contributed by atoms with Gasteiger partial charge in [-0.1, -0.05) is 6.42 Å². The van der Waals surface area contributed by atoms with Crippen LogP contribution in [0.15, 0.2) is 0 Å². The molecular weight excluding hydrogens is 198 g/mol. The third-order valence-corrected chi connectivity index (χ3v) is 3.49. The molecule has 0 amide bonds.